The molecule has 2 aromatic rings. The standard InChI is InChI=1S/C16H21NO2S/c1-11-5-8-16(20-11)13(17-2)9-12-6-7-14(18-3)15(10-12)19-4/h5-8,10,13,17H,9H2,1-4H3. The third-order valence-corrected chi connectivity index (χ3v) is 4.46. The molecule has 0 aliphatic rings. The predicted molar refractivity (Wildman–Crippen MR) is 84.1 cm³/mol. The molecule has 108 valence electrons. The highest BCUT2D eigenvalue weighted by atomic mass is 32.1. The van der Waals surface area contributed by atoms with E-state index in [0.717, 1.165) is 17.9 Å². The van der Waals surface area contributed by atoms with Crippen LogP contribution in [0.3, 0.4) is 0 Å². The summed E-state index contributed by atoms with van der Waals surface area (Å²) in [6.45, 7) is 2.14. The van der Waals surface area contributed by atoms with E-state index in [1.54, 1.807) is 14.2 Å². The van der Waals surface area contributed by atoms with E-state index in [0.29, 0.717) is 6.04 Å². The van der Waals surface area contributed by atoms with Crippen LogP contribution in [-0.2, 0) is 6.42 Å². The third kappa shape index (κ3) is 3.32. The third-order valence-electron chi connectivity index (χ3n) is 3.34. The number of rotatable bonds is 6. The minimum Gasteiger partial charge on any atom is -0.493 e. The minimum absolute atomic E-state index is 0.326. The Labute approximate surface area is 124 Å². The molecular weight excluding hydrogens is 270 g/mol. The van der Waals surface area contributed by atoms with Crippen LogP contribution in [0.15, 0.2) is 30.3 Å². The van der Waals surface area contributed by atoms with E-state index in [1.807, 2.05) is 30.5 Å². The van der Waals surface area contributed by atoms with Crippen molar-refractivity contribution in [3.63, 3.8) is 0 Å². The quantitative estimate of drug-likeness (QED) is 0.882. The second-order valence-corrected chi connectivity index (χ2v) is 6.00. The van der Waals surface area contributed by atoms with Gasteiger partial charge in [0.25, 0.3) is 0 Å². The zero-order valence-corrected chi connectivity index (χ0v) is 13.2. The molecule has 1 aromatic carbocycles. The van der Waals surface area contributed by atoms with Crippen molar-refractivity contribution in [2.24, 2.45) is 0 Å². The summed E-state index contributed by atoms with van der Waals surface area (Å²) in [6.07, 6.45) is 0.927. The van der Waals surface area contributed by atoms with Gasteiger partial charge in [0.1, 0.15) is 0 Å². The fourth-order valence-corrected chi connectivity index (χ4v) is 3.22. The summed E-state index contributed by atoms with van der Waals surface area (Å²) in [5.74, 6) is 1.55. The van der Waals surface area contributed by atoms with Gasteiger partial charge in [0, 0.05) is 15.8 Å². The lowest BCUT2D eigenvalue weighted by molar-refractivity contribution is 0.354. The maximum atomic E-state index is 5.36. The number of thiophene rings is 1. The first-order chi connectivity index (χ1) is 9.67. The Morgan fingerprint density at radius 3 is 2.40 bits per heavy atom. The van der Waals surface area contributed by atoms with Gasteiger partial charge in [0.15, 0.2) is 11.5 Å². The molecule has 0 amide bonds. The number of methoxy groups -OCH3 is 2. The van der Waals surface area contributed by atoms with Crippen LogP contribution in [-0.4, -0.2) is 21.3 Å². The fourth-order valence-electron chi connectivity index (χ4n) is 2.23. The summed E-state index contributed by atoms with van der Waals surface area (Å²) >= 11 is 1.84. The monoisotopic (exact) mass is 291 g/mol. The Hall–Kier alpha value is -1.52. The van der Waals surface area contributed by atoms with Crippen LogP contribution in [0.5, 0.6) is 11.5 Å². The molecule has 0 aliphatic carbocycles. The van der Waals surface area contributed by atoms with Gasteiger partial charge in [-0.05, 0) is 50.2 Å². The van der Waals surface area contributed by atoms with Crippen molar-refractivity contribution in [2.45, 2.75) is 19.4 Å². The minimum atomic E-state index is 0.326. The zero-order valence-electron chi connectivity index (χ0n) is 12.4. The topological polar surface area (TPSA) is 30.5 Å². The predicted octanol–water partition coefficient (Wildman–Crippen LogP) is 3.58. The maximum Gasteiger partial charge on any atom is 0.160 e. The number of hydrogen-bond donors (Lipinski definition) is 1. The van der Waals surface area contributed by atoms with Crippen molar-refractivity contribution in [2.75, 3.05) is 21.3 Å². The van der Waals surface area contributed by atoms with E-state index in [1.165, 1.54) is 15.3 Å². The van der Waals surface area contributed by atoms with Gasteiger partial charge in [-0.2, -0.15) is 0 Å². The molecule has 4 heteroatoms. The lowest BCUT2D eigenvalue weighted by Crippen LogP contribution is -2.17. The van der Waals surface area contributed by atoms with Crippen LogP contribution in [0.4, 0.5) is 0 Å². The van der Waals surface area contributed by atoms with E-state index >= 15 is 0 Å². The smallest absolute Gasteiger partial charge is 0.160 e. The van der Waals surface area contributed by atoms with Crippen molar-refractivity contribution in [1.82, 2.24) is 5.32 Å². The zero-order chi connectivity index (χ0) is 14.5. The van der Waals surface area contributed by atoms with Crippen LogP contribution < -0.4 is 14.8 Å². The van der Waals surface area contributed by atoms with Gasteiger partial charge in [-0.3, -0.25) is 0 Å². The molecule has 3 nitrogen and oxygen atoms in total. The van der Waals surface area contributed by atoms with Gasteiger partial charge in [0.05, 0.1) is 14.2 Å². The molecule has 2 rings (SSSR count). The number of ether oxygens (including phenoxy) is 2. The lowest BCUT2D eigenvalue weighted by atomic mass is 10.0. The molecule has 1 unspecified atom stereocenters. The van der Waals surface area contributed by atoms with Crippen molar-refractivity contribution >= 4 is 11.3 Å². The molecule has 0 radical (unpaired) electrons. The SMILES string of the molecule is CNC(Cc1ccc(OC)c(OC)c1)c1ccc(C)s1. The molecule has 0 fully saturated rings. The largest absolute Gasteiger partial charge is 0.493 e. The number of likely N-dealkylation sites (N-methyl/N-ethyl adjacent to an activating group) is 1. The molecular formula is C16H21NO2S. The number of nitrogens with one attached hydrogen (secondary N) is 1. The molecule has 1 atom stereocenters. The highest BCUT2D eigenvalue weighted by Crippen LogP contribution is 2.31. The van der Waals surface area contributed by atoms with Gasteiger partial charge in [0.2, 0.25) is 0 Å². The van der Waals surface area contributed by atoms with Crippen LogP contribution in [0.1, 0.15) is 21.4 Å². The molecule has 0 spiro atoms. The van der Waals surface area contributed by atoms with E-state index in [-0.39, 0.29) is 0 Å². The molecule has 0 aliphatic heterocycles. The average Bonchev–Trinajstić information content (AvgIpc) is 2.90. The van der Waals surface area contributed by atoms with E-state index in [9.17, 15) is 0 Å². The summed E-state index contributed by atoms with van der Waals surface area (Å²) in [5.41, 5.74) is 1.23. The fraction of sp³-hybridized carbons (Fsp3) is 0.375. The molecule has 0 saturated carbocycles. The Kier molecular flexibility index (Phi) is 5.04. The van der Waals surface area contributed by atoms with Crippen molar-refractivity contribution < 1.29 is 9.47 Å². The Balaban J connectivity index is 2.19. The van der Waals surface area contributed by atoms with Crippen LogP contribution >= 0.6 is 11.3 Å². The van der Waals surface area contributed by atoms with Gasteiger partial charge >= 0.3 is 0 Å². The van der Waals surface area contributed by atoms with E-state index in [2.05, 4.69) is 30.4 Å². The first kappa shape index (κ1) is 14.9. The highest BCUT2D eigenvalue weighted by Gasteiger charge is 2.13. The molecule has 1 N–H and O–H groups in total. The number of aryl methyl sites for hydroxylation is 1. The Morgan fingerprint density at radius 1 is 1.10 bits per heavy atom. The lowest BCUT2D eigenvalue weighted by Gasteiger charge is -2.16. The first-order valence-corrected chi connectivity index (χ1v) is 7.44. The van der Waals surface area contributed by atoms with E-state index < -0.39 is 0 Å². The van der Waals surface area contributed by atoms with Crippen molar-refractivity contribution in [3.8, 4) is 11.5 Å². The van der Waals surface area contributed by atoms with Crippen LogP contribution in [0.25, 0.3) is 0 Å². The van der Waals surface area contributed by atoms with E-state index in [4.69, 9.17) is 9.47 Å². The second-order valence-electron chi connectivity index (χ2n) is 4.68. The van der Waals surface area contributed by atoms with Crippen LogP contribution in [0, 0.1) is 6.92 Å². The maximum absolute atomic E-state index is 5.36. The van der Waals surface area contributed by atoms with Crippen molar-refractivity contribution in [3.05, 3.63) is 45.6 Å². The Bertz CT molecular complexity index is 565. The summed E-state index contributed by atoms with van der Waals surface area (Å²) in [6, 6.07) is 10.8. The first-order valence-electron chi connectivity index (χ1n) is 6.62. The van der Waals surface area contributed by atoms with Gasteiger partial charge in [-0.25, -0.2) is 0 Å². The summed E-state index contributed by atoms with van der Waals surface area (Å²) in [5, 5.41) is 3.38. The summed E-state index contributed by atoms with van der Waals surface area (Å²) in [7, 11) is 5.32. The molecule has 20 heavy (non-hydrogen) atoms. The summed E-state index contributed by atoms with van der Waals surface area (Å²) in [4.78, 5) is 2.70. The molecule has 1 heterocycles. The average molecular weight is 291 g/mol. The van der Waals surface area contributed by atoms with Crippen LogP contribution in [0.2, 0.25) is 0 Å². The van der Waals surface area contributed by atoms with Gasteiger partial charge in [-0.15, -0.1) is 11.3 Å². The normalized spacial score (nSPS) is 12.2. The Morgan fingerprint density at radius 2 is 1.85 bits per heavy atom. The molecule has 0 saturated heterocycles. The second kappa shape index (κ2) is 6.77. The number of hydrogen-bond acceptors (Lipinski definition) is 4. The number of benzene rings is 1. The highest BCUT2D eigenvalue weighted by molar-refractivity contribution is 7.12. The van der Waals surface area contributed by atoms with Crippen molar-refractivity contribution in [1.29, 1.82) is 0 Å². The molecule has 0 bridgehead atoms. The molecule has 1 aromatic heterocycles. The summed E-state index contributed by atoms with van der Waals surface area (Å²) < 4.78 is 10.6. The van der Waals surface area contributed by atoms with Gasteiger partial charge in [-0.1, -0.05) is 6.07 Å². The van der Waals surface area contributed by atoms with Gasteiger partial charge < -0.3 is 14.8 Å².